The molecule has 0 aromatic heterocycles. The van der Waals surface area contributed by atoms with Gasteiger partial charge in [-0.2, -0.15) is 0 Å². The largest absolute Gasteiger partial charge is 0.481 e. The number of carboxylic acid groups (broad SMARTS) is 1. The van der Waals surface area contributed by atoms with Crippen molar-refractivity contribution in [3.63, 3.8) is 0 Å². The molecule has 0 amide bonds. The van der Waals surface area contributed by atoms with Crippen molar-refractivity contribution in [2.75, 3.05) is 7.11 Å². The molecule has 0 heterocycles. The number of aliphatic carboxylic acids is 1. The lowest BCUT2D eigenvalue weighted by Gasteiger charge is -2.04. The number of carbonyl (C=O) groups excluding carboxylic acids is 1. The van der Waals surface area contributed by atoms with Crippen LogP contribution in [0.25, 0.3) is 0 Å². The smallest absolute Gasteiger partial charge is 0.306 e. The molecule has 0 fully saturated rings. The molecule has 0 bridgehead atoms. The van der Waals surface area contributed by atoms with Crippen LogP contribution in [-0.2, 0) is 14.3 Å². The first-order valence-electron chi connectivity index (χ1n) is 18.1. The van der Waals surface area contributed by atoms with Crippen LogP contribution in [-0.4, -0.2) is 24.2 Å². The van der Waals surface area contributed by atoms with Crippen LogP contribution in [0.2, 0.25) is 0 Å². The fourth-order valence-corrected chi connectivity index (χ4v) is 4.91. The second kappa shape index (κ2) is 37.4. The van der Waals surface area contributed by atoms with Crippen molar-refractivity contribution in [2.24, 2.45) is 5.92 Å². The first-order valence-corrected chi connectivity index (χ1v) is 18.1. The third kappa shape index (κ3) is 38.4. The van der Waals surface area contributed by atoms with E-state index in [-0.39, 0.29) is 11.9 Å². The van der Waals surface area contributed by atoms with Gasteiger partial charge >= 0.3 is 11.9 Å². The van der Waals surface area contributed by atoms with Crippen LogP contribution in [0, 0.1) is 5.92 Å². The molecule has 0 aliphatic heterocycles. The van der Waals surface area contributed by atoms with Gasteiger partial charge < -0.3 is 9.84 Å². The van der Waals surface area contributed by atoms with Gasteiger partial charge in [-0.05, 0) is 64.2 Å². The Labute approximate surface area is 262 Å². The third-order valence-corrected chi connectivity index (χ3v) is 7.94. The minimum atomic E-state index is -0.660. The summed E-state index contributed by atoms with van der Waals surface area (Å²) in [6.07, 6.45) is 42.8. The Morgan fingerprint density at radius 2 is 0.881 bits per heavy atom. The molecule has 248 valence electrons. The number of carboxylic acids is 1. The second-order valence-electron chi connectivity index (χ2n) is 12.2. The standard InChI is InChI=1S/2C19H36O2/c1-3-4-5-6-7-8-9-10-11-12-13-14-15-16-17-18-19(20)21-2;1-3-4-5-6-7-8-9-10-11-12-13-14-15-16-17-18(2)19(20)21/h10-11H,3-9,12-18H2,1-2H3;10-11,18H,3-9,12-17H2,1-2H3,(H,20,21). The molecule has 0 saturated carbocycles. The maximum atomic E-state index is 10.9. The molecule has 0 spiro atoms. The van der Waals surface area contributed by atoms with E-state index in [9.17, 15) is 9.59 Å². The number of carbonyl (C=O) groups is 2. The van der Waals surface area contributed by atoms with E-state index in [0.717, 1.165) is 25.7 Å². The maximum Gasteiger partial charge on any atom is 0.306 e. The number of unbranched alkanes of at least 4 members (excludes halogenated alkanes) is 21. The van der Waals surface area contributed by atoms with Crippen LogP contribution in [0.15, 0.2) is 24.3 Å². The van der Waals surface area contributed by atoms with Gasteiger partial charge in [0.1, 0.15) is 0 Å². The number of esters is 1. The number of ether oxygens (including phenoxy) is 1. The number of methoxy groups -OCH3 is 1. The fraction of sp³-hybridized carbons (Fsp3) is 0.842. The summed E-state index contributed by atoms with van der Waals surface area (Å²) < 4.78 is 4.62. The monoisotopic (exact) mass is 593 g/mol. The average Bonchev–Trinajstić information content (AvgIpc) is 2.99. The van der Waals surface area contributed by atoms with E-state index < -0.39 is 5.97 Å². The molecule has 0 aromatic carbocycles. The van der Waals surface area contributed by atoms with Crippen LogP contribution >= 0.6 is 0 Å². The van der Waals surface area contributed by atoms with Gasteiger partial charge in [-0.3, -0.25) is 9.59 Å². The summed E-state index contributed by atoms with van der Waals surface area (Å²) >= 11 is 0. The predicted octanol–water partition coefficient (Wildman–Crippen LogP) is 12.6. The second-order valence-corrected chi connectivity index (χ2v) is 12.2. The minimum absolute atomic E-state index is 0.0763. The van der Waals surface area contributed by atoms with E-state index in [2.05, 4.69) is 42.9 Å². The van der Waals surface area contributed by atoms with Crippen molar-refractivity contribution in [1.82, 2.24) is 0 Å². The zero-order chi connectivity index (χ0) is 31.4. The summed E-state index contributed by atoms with van der Waals surface area (Å²) in [5, 5.41) is 8.78. The summed E-state index contributed by atoms with van der Waals surface area (Å²) in [4.78, 5) is 21.6. The predicted molar refractivity (Wildman–Crippen MR) is 183 cm³/mol. The van der Waals surface area contributed by atoms with Crippen molar-refractivity contribution >= 4 is 11.9 Å². The molecule has 0 saturated heterocycles. The lowest BCUT2D eigenvalue weighted by Crippen LogP contribution is -2.08. The first-order chi connectivity index (χ1) is 20.5. The van der Waals surface area contributed by atoms with Crippen LogP contribution in [0.4, 0.5) is 0 Å². The zero-order valence-electron chi connectivity index (χ0n) is 28.7. The van der Waals surface area contributed by atoms with E-state index in [0.29, 0.717) is 6.42 Å². The van der Waals surface area contributed by atoms with Crippen molar-refractivity contribution in [2.45, 2.75) is 194 Å². The molecule has 0 rings (SSSR count). The van der Waals surface area contributed by atoms with Crippen molar-refractivity contribution < 1.29 is 19.4 Å². The van der Waals surface area contributed by atoms with Gasteiger partial charge in [0, 0.05) is 6.42 Å². The Bertz CT molecular complexity index is 608. The van der Waals surface area contributed by atoms with Gasteiger partial charge in [0.25, 0.3) is 0 Å². The molecule has 4 nitrogen and oxygen atoms in total. The van der Waals surface area contributed by atoms with Crippen LogP contribution in [0.1, 0.15) is 194 Å². The quantitative estimate of drug-likeness (QED) is 0.0512. The van der Waals surface area contributed by atoms with Gasteiger partial charge in [0.2, 0.25) is 0 Å². The van der Waals surface area contributed by atoms with Crippen LogP contribution in [0.3, 0.4) is 0 Å². The SMILES string of the molecule is CCCCCCCCC=CCCCCCCC(C)C(=O)O.CCCCCCCCC=CCCCCCCCC(=O)OC. The molecule has 0 aliphatic carbocycles. The van der Waals surface area contributed by atoms with Crippen LogP contribution in [0.5, 0.6) is 0 Å². The molecule has 0 aliphatic rings. The highest BCUT2D eigenvalue weighted by molar-refractivity contribution is 5.69. The number of hydrogen-bond acceptors (Lipinski definition) is 3. The summed E-state index contributed by atoms with van der Waals surface area (Å²) in [6.45, 7) is 6.32. The molecule has 42 heavy (non-hydrogen) atoms. The molecule has 0 aromatic rings. The van der Waals surface area contributed by atoms with E-state index >= 15 is 0 Å². The number of allylic oxidation sites excluding steroid dienone is 4. The van der Waals surface area contributed by atoms with Crippen molar-refractivity contribution in [1.29, 1.82) is 0 Å². The summed E-state index contributed by atoms with van der Waals surface area (Å²) in [6, 6.07) is 0. The van der Waals surface area contributed by atoms with E-state index in [4.69, 9.17) is 5.11 Å². The van der Waals surface area contributed by atoms with Crippen molar-refractivity contribution in [3.05, 3.63) is 24.3 Å². The summed E-state index contributed by atoms with van der Waals surface area (Å²) in [5.41, 5.74) is 0. The Morgan fingerprint density at radius 1 is 0.548 bits per heavy atom. The highest BCUT2D eigenvalue weighted by Crippen LogP contribution is 2.13. The summed E-state index contributed by atoms with van der Waals surface area (Å²) in [7, 11) is 1.46. The van der Waals surface area contributed by atoms with Gasteiger partial charge in [-0.1, -0.05) is 148 Å². The Hall–Kier alpha value is -1.58. The van der Waals surface area contributed by atoms with Gasteiger partial charge in [0.15, 0.2) is 0 Å². The molecular weight excluding hydrogens is 520 g/mol. The Kier molecular flexibility index (Phi) is 37.9. The molecule has 1 unspecified atom stereocenters. The van der Waals surface area contributed by atoms with Crippen molar-refractivity contribution in [3.8, 4) is 0 Å². The molecule has 1 N–H and O–H groups in total. The van der Waals surface area contributed by atoms with E-state index in [1.54, 1.807) is 6.92 Å². The fourth-order valence-electron chi connectivity index (χ4n) is 4.91. The topological polar surface area (TPSA) is 63.6 Å². The first kappa shape index (κ1) is 42.6. The number of hydrogen-bond donors (Lipinski definition) is 1. The highest BCUT2D eigenvalue weighted by Gasteiger charge is 2.09. The molecule has 0 radical (unpaired) electrons. The number of rotatable bonds is 30. The minimum Gasteiger partial charge on any atom is -0.481 e. The van der Waals surface area contributed by atoms with Gasteiger partial charge in [-0.25, -0.2) is 0 Å². The normalized spacial score (nSPS) is 12.0. The molecule has 1 atom stereocenters. The molecular formula is C38H72O4. The highest BCUT2D eigenvalue weighted by atomic mass is 16.5. The lowest BCUT2D eigenvalue weighted by molar-refractivity contribution is -0.142. The summed E-state index contributed by atoms with van der Waals surface area (Å²) in [5.74, 6) is -0.914. The molecule has 4 heteroatoms. The third-order valence-electron chi connectivity index (χ3n) is 7.94. The Morgan fingerprint density at radius 3 is 1.24 bits per heavy atom. The lowest BCUT2D eigenvalue weighted by atomic mass is 10.0. The van der Waals surface area contributed by atoms with E-state index in [1.807, 2.05) is 0 Å². The van der Waals surface area contributed by atoms with Crippen LogP contribution < -0.4 is 0 Å². The van der Waals surface area contributed by atoms with Gasteiger partial charge in [-0.15, -0.1) is 0 Å². The Balaban J connectivity index is 0. The maximum absolute atomic E-state index is 10.9. The van der Waals surface area contributed by atoms with E-state index in [1.165, 1.54) is 148 Å². The zero-order valence-corrected chi connectivity index (χ0v) is 28.7. The average molecular weight is 593 g/mol. The van der Waals surface area contributed by atoms with Gasteiger partial charge in [0.05, 0.1) is 13.0 Å².